The molecule has 59 valence electrons. The molecule has 10 heavy (non-hydrogen) atoms. The van der Waals surface area contributed by atoms with Crippen LogP contribution in [-0.2, 0) is 9.53 Å². The Kier molecular flexibility index (Phi) is 3.22. The van der Waals surface area contributed by atoms with Gasteiger partial charge in [0, 0.05) is 0 Å². The Morgan fingerprint density at radius 3 is 2.00 bits per heavy atom. The Morgan fingerprint density at radius 1 is 1.50 bits per heavy atom. The van der Waals surface area contributed by atoms with E-state index < -0.39 is 10.9 Å². The molecule has 0 amide bonds. The van der Waals surface area contributed by atoms with Gasteiger partial charge < -0.3 is 4.74 Å². The highest BCUT2D eigenvalue weighted by atomic mass is 32.1. The van der Waals surface area contributed by atoms with E-state index in [4.69, 9.17) is 17.4 Å². The van der Waals surface area contributed by atoms with Gasteiger partial charge in [-0.2, -0.15) is 0 Å². The van der Waals surface area contributed by atoms with Gasteiger partial charge in [0.15, 0.2) is 0 Å². The van der Waals surface area contributed by atoms with Gasteiger partial charge in [-0.1, -0.05) is 12.6 Å². The summed E-state index contributed by atoms with van der Waals surface area (Å²) >= 11 is 4.70. The molecule has 0 aliphatic rings. The molecule has 0 heterocycles. The first-order valence-electron chi connectivity index (χ1n) is 3.21. The number of carbonyl (C=O) groups is 1. The van der Waals surface area contributed by atoms with Crippen LogP contribution in [0.3, 0.4) is 0 Å². The fraction of sp³-hybridized carbons (Fsp3) is 0.857. The van der Waals surface area contributed by atoms with Crippen molar-refractivity contribution in [1.82, 2.24) is 0 Å². The third-order valence-corrected chi connectivity index (χ3v) is 0.931. The quantitative estimate of drug-likeness (QED) is 0.549. The predicted octanol–water partition coefficient (Wildman–Crippen LogP) is 1.91. The number of esters is 1. The number of hydrogen-bond donors (Lipinski definition) is 0. The van der Waals surface area contributed by atoms with Gasteiger partial charge in [-0.15, -0.1) is 0 Å². The van der Waals surface area contributed by atoms with Crippen molar-refractivity contribution in [3.05, 3.63) is 0 Å². The van der Waals surface area contributed by atoms with Gasteiger partial charge in [-0.05, 0) is 27.7 Å². The molecule has 0 aliphatic heterocycles. The van der Waals surface area contributed by atoms with Crippen LogP contribution in [0.4, 0.5) is 0 Å². The average Bonchev–Trinajstić information content (AvgIpc) is 1.60. The van der Waals surface area contributed by atoms with E-state index in [2.05, 4.69) is 0 Å². The first-order valence-corrected chi connectivity index (χ1v) is 3.69. The van der Waals surface area contributed by atoms with Gasteiger partial charge in [-0.3, -0.25) is 4.79 Å². The van der Waals surface area contributed by atoms with Crippen LogP contribution < -0.4 is 0 Å². The summed E-state index contributed by atoms with van der Waals surface area (Å²) in [6.07, 6.45) is 0. The third-order valence-electron chi connectivity index (χ3n) is 0.739. The maximum Gasteiger partial charge on any atom is 0.320 e. The van der Waals surface area contributed by atoms with Crippen molar-refractivity contribution in [2.45, 2.75) is 38.5 Å². The van der Waals surface area contributed by atoms with E-state index in [1.54, 1.807) is 6.92 Å². The Bertz CT molecular complexity index is 124. The molecule has 1 atom stereocenters. The Labute approximate surface area is 67.4 Å². The molecule has 0 spiro atoms. The molecule has 0 saturated heterocycles. The van der Waals surface area contributed by atoms with E-state index in [9.17, 15) is 4.79 Å². The van der Waals surface area contributed by atoms with Crippen LogP contribution in [0, 0.1) is 0 Å². The van der Waals surface area contributed by atoms with Crippen LogP contribution >= 0.6 is 12.6 Å². The fourth-order valence-corrected chi connectivity index (χ4v) is 0.433. The molecule has 0 fully saturated rings. The lowest BCUT2D eigenvalue weighted by molar-refractivity contribution is -0.153. The fourth-order valence-electron chi connectivity index (χ4n) is 0.385. The van der Waals surface area contributed by atoms with E-state index in [0.717, 1.165) is 0 Å². The van der Waals surface area contributed by atoms with E-state index in [0.29, 0.717) is 0 Å². The van der Waals surface area contributed by atoms with Gasteiger partial charge >= 0.3 is 5.97 Å². The second-order valence-corrected chi connectivity index (χ2v) is 3.88. The highest BCUT2D eigenvalue weighted by Crippen LogP contribution is 2.09. The van der Waals surface area contributed by atoms with Crippen LogP contribution in [0.25, 0.3) is 0 Å². The molecule has 1 radical (unpaired) electrons. The summed E-state index contributed by atoms with van der Waals surface area (Å²) in [5, 5.41) is -0.445. The zero-order chi connectivity index (χ0) is 8.36. The maximum atomic E-state index is 10.8. The van der Waals surface area contributed by atoms with Crippen LogP contribution in [0.5, 0.6) is 0 Å². The minimum absolute atomic E-state index is 0.317. The SMILES string of the molecule is CC([S])C(=O)OC(C)(C)C. The van der Waals surface area contributed by atoms with Crippen LogP contribution in [0.1, 0.15) is 27.7 Å². The van der Waals surface area contributed by atoms with Crippen LogP contribution in [-0.4, -0.2) is 16.8 Å². The number of rotatable bonds is 1. The second kappa shape index (κ2) is 3.28. The first kappa shape index (κ1) is 9.82. The van der Waals surface area contributed by atoms with Gasteiger partial charge in [-0.25, -0.2) is 0 Å². The molecule has 0 N–H and O–H groups in total. The van der Waals surface area contributed by atoms with Gasteiger partial charge in [0.25, 0.3) is 0 Å². The lowest BCUT2D eigenvalue weighted by atomic mass is 10.2. The summed E-state index contributed by atoms with van der Waals surface area (Å²) in [6, 6.07) is 0. The van der Waals surface area contributed by atoms with Crippen molar-refractivity contribution < 1.29 is 9.53 Å². The molecular formula is C7H13O2S. The maximum absolute atomic E-state index is 10.8. The Hall–Kier alpha value is -0.180. The smallest absolute Gasteiger partial charge is 0.320 e. The normalized spacial score (nSPS) is 14.5. The summed E-state index contributed by atoms with van der Waals surface area (Å²) < 4.78 is 4.96. The van der Waals surface area contributed by atoms with Crippen LogP contribution in [0.2, 0.25) is 0 Å². The van der Waals surface area contributed by atoms with Crippen molar-refractivity contribution in [2.75, 3.05) is 0 Å². The number of ether oxygens (including phenoxy) is 1. The second-order valence-electron chi connectivity index (χ2n) is 3.18. The average molecular weight is 161 g/mol. The van der Waals surface area contributed by atoms with Gasteiger partial charge in [0.1, 0.15) is 10.9 Å². The number of carbonyl (C=O) groups excluding carboxylic acids is 1. The van der Waals surface area contributed by atoms with E-state index in [1.165, 1.54) is 0 Å². The highest BCUT2D eigenvalue weighted by molar-refractivity contribution is 7.81. The molecule has 1 unspecified atom stereocenters. The Morgan fingerprint density at radius 2 is 1.90 bits per heavy atom. The summed E-state index contributed by atoms with van der Waals surface area (Å²) in [5.74, 6) is -0.317. The predicted molar refractivity (Wildman–Crippen MR) is 42.9 cm³/mol. The summed E-state index contributed by atoms with van der Waals surface area (Å²) in [7, 11) is 0. The lowest BCUT2D eigenvalue weighted by Crippen LogP contribution is -2.27. The van der Waals surface area contributed by atoms with E-state index >= 15 is 0 Å². The summed E-state index contributed by atoms with van der Waals surface area (Å²) in [4.78, 5) is 10.8. The van der Waals surface area contributed by atoms with Crippen molar-refractivity contribution in [3.63, 3.8) is 0 Å². The molecule has 3 heteroatoms. The van der Waals surface area contributed by atoms with Crippen molar-refractivity contribution in [1.29, 1.82) is 0 Å². The molecular weight excluding hydrogens is 148 g/mol. The van der Waals surface area contributed by atoms with Gasteiger partial charge in [0.05, 0.1) is 0 Å². The summed E-state index contributed by atoms with van der Waals surface area (Å²) in [6.45, 7) is 7.11. The largest absolute Gasteiger partial charge is 0.459 e. The van der Waals surface area contributed by atoms with Crippen LogP contribution in [0.15, 0.2) is 0 Å². The molecule has 0 rings (SSSR count). The molecule has 0 aromatic heterocycles. The molecule has 0 aromatic carbocycles. The highest BCUT2D eigenvalue weighted by Gasteiger charge is 2.19. The molecule has 0 aromatic rings. The summed E-state index contributed by atoms with van der Waals surface area (Å²) in [5.41, 5.74) is -0.413. The minimum Gasteiger partial charge on any atom is -0.459 e. The molecule has 2 nitrogen and oxygen atoms in total. The molecule has 0 bridgehead atoms. The zero-order valence-electron chi connectivity index (χ0n) is 6.80. The third kappa shape index (κ3) is 4.68. The Balaban J connectivity index is 3.81. The van der Waals surface area contributed by atoms with E-state index in [1.807, 2.05) is 20.8 Å². The monoisotopic (exact) mass is 161 g/mol. The van der Waals surface area contributed by atoms with Crippen molar-refractivity contribution in [2.24, 2.45) is 0 Å². The van der Waals surface area contributed by atoms with E-state index in [-0.39, 0.29) is 5.97 Å². The first-order chi connectivity index (χ1) is 4.33. The minimum atomic E-state index is -0.445. The van der Waals surface area contributed by atoms with Crippen molar-refractivity contribution in [3.8, 4) is 0 Å². The lowest BCUT2D eigenvalue weighted by Gasteiger charge is -2.20. The zero-order valence-corrected chi connectivity index (χ0v) is 7.62. The standard InChI is InChI=1S/C7H13O2S/c1-5(10)6(8)9-7(2,3)4/h5H,1-4H3. The van der Waals surface area contributed by atoms with Crippen molar-refractivity contribution >= 4 is 18.6 Å². The topological polar surface area (TPSA) is 26.3 Å². The molecule has 0 aliphatic carbocycles. The molecule has 0 saturated carbocycles. The number of hydrogen-bond acceptors (Lipinski definition) is 2. The van der Waals surface area contributed by atoms with Gasteiger partial charge in [0.2, 0.25) is 0 Å².